The number of esters is 2. The summed E-state index contributed by atoms with van der Waals surface area (Å²) in [5, 5.41) is 70.3. The molecule has 2 heterocycles. The Hall–Kier alpha value is -2.86. The number of ether oxygens (including phenoxy) is 6. The molecule has 0 radical (unpaired) electrons. The van der Waals surface area contributed by atoms with Crippen molar-refractivity contribution in [1.29, 1.82) is 0 Å². The minimum Gasteiger partial charge on any atom is -0.504 e. The zero-order valence-corrected chi connectivity index (χ0v) is 21.0. The molecular weight excluding hydrogens is 528 g/mol. The van der Waals surface area contributed by atoms with Gasteiger partial charge in [-0.1, -0.05) is 6.07 Å². The van der Waals surface area contributed by atoms with Crippen LogP contribution in [0, 0.1) is 0 Å². The van der Waals surface area contributed by atoms with Gasteiger partial charge in [-0.2, -0.15) is 0 Å². The van der Waals surface area contributed by atoms with Crippen molar-refractivity contribution in [3.8, 4) is 11.5 Å². The standard InChI is InChI=1S/C24H32O15/c1-11(27)35-10-24(39-23-21(33)20(32)18(30)15(8-25)36-23)22(19(31)16(9-26)38-24)37-17(29)6-4-12-3-5-13(28)14(7-12)34-2/h3-7,15-16,18-23,25-26,28,30-33H,8-10H2,1-2H3/b6-4+/t15-,16-,18-,19-,20+,21-,22+,23-,24+/m1/s1. The van der Waals surface area contributed by atoms with Crippen molar-refractivity contribution in [2.24, 2.45) is 0 Å². The van der Waals surface area contributed by atoms with Gasteiger partial charge in [0, 0.05) is 13.0 Å². The molecule has 15 nitrogen and oxygen atoms in total. The number of rotatable bonds is 10. The van der Waals surface area contributed by atoms with Crippen molar-refractivity contribution >= 4 is 18.0 Å². The summed E-state index contributed by atoms with van der Waals surface area (Å²) in [6, 6.07) is 4.24. The van der Waals surface area contributed by atoms with E-state index in [9.17, 15) is 45.3 Å². The summed E-state index contributed by atoms with van der Waals surface area (Å²) in [6.45, 7) is -1.36. The molecule has 3 rings (SSSR count). The Labute approximate surface area is 222 Å². The van der Waals surface area contributed by atoms with Gasteiger partial charge in [0.25, 0.3) is 0 Å². The van der Waals surface area contributed by atoms with E-state index in [1.807, 2.05) is 0 Å². The SMILES string of the molecule is COc1cc(/C=C/C(=O)O[C@H]2[C@H](O)[C@@H](CO)O[C@@]2(COC(C)=O)O[C@H]2O[C@H](CO)[C@@H](O)[C@H](O)[C@H]2O)ccc1O. The number of benzene rings is 1. The molecule has 1 aromatic rings. The van der Waals surface area contributed by atoms with Crippen LogP contribution < -0.4 is 4.74 Å². The predicted octanol–water partition coefficient (Wildman–Crippen LogP) is -2.85. The number of hydrogen-bond donors (Lipinski definition) is 7. The van der Waals surface area contributed by atoms with Gasteiger partial charge in [0.2, 0.25) is 5.79 Å². The summed E-state index contributed by atoms with van der Waals surface area (Å²) in [6.07, 6.45) is -11.4. The molecule has 39 heavy (non-hydrogen) atoms. The minimum absolute atomic E-state index is 0.126. The molecule has 0 unspecified atom stereocenters. The predicted molar refractivity (Wildman–Crippen MR) is 126 cm³/mol. The third-order valence-corrected chi connectivity index (χ3v) is 6.15. The van der Waals surface area contributed by atoms with Crippen LogP contribution in [0.2, 0.25) is 0 Å². The molecule has 1 aromatic carbocycles. The number of aromatic hydroxyl groups is 1. The molecule has 0 spiro atoms. The van der Waals surface area contributed by atoms with E-state index in [4.69, 9.17) is 28.4 Å². The minimum atomic E-state index is -2.38. The maximum absolute atomic E-state index is 12.7. The lowest BCUT2D eigenvalue weighted by Gasteiger charge is -2.43. The molecule has 7 N–H and O–H groups in total. The van der Waals surface area contributed by atoms with Crippen molar-refractivity contribution in [2.75, 3.05) is 26.9 Å². The van der Waals surface area contributed by atoms with Gasteiger partial charge >= 0.3 is 11.9 Å². The summed E-state index contributed by atoms with van der Waals surface area (Å²) in [7, 11) is 1.34. The van der Waals surface area contributed by atoms with Crippen LogP contribution in [0.1, 0.15) is 12.5 Å². The van der Waals surface area contributed by atoms with Crippen LogP contribution in [0.5, 0.6) is 11.5 Å². The van der Waals surface area contributed by atoms with E-state index < -0.39 is 86.6 Å². The van der Waals surface area contributed by atoms with E-state index in [0.717, 1.165) is 13.0 Å². The number of phenolic OH excluding ortho intramolecular Hbond substituents is 1. The van der Waals surface area contributed by atoms with Crippen molar-refractivity contribution in [3.05, 3.63) is 29.8 Å². The van der Waals surface area contributed by atoms with Crippen molar-refractivity contribution < 1.29 is 73.8 Å². The summed E-state index contributed by atoms with van der Waals surface area (Å²) in [5.41, 5.74) is 0.432. The molecule has 2 fully saturated rings. The Morgan fingerprint density at radius 1 is 1.03 bits per heavy atom. The Morgan fingerprint density at radius 2 is 1.72 bits per heavy atom. The summed E-state index contributed by atoms with van der Waals surface area (Å²) in [4.78, 5) is 24.4. The fraction of sp³-hybridized carbons (Fsp3) is 0.583. The van der Waals surface area contributed by atoms with Crippen molar-refractivity contribution in [2.45, 2.75) is 61.7 Å². The van der Waals surface area contributed by atoms with Gasteiger partial charge < -0.3 is 64.2 Å². The Kier molecular flexibility index (Phi) is 10.2. The average molecular weight is 561 g/mol. The van der Waals surface area contributed by atoms with Crippen LogP contribution in [-0.2, 0) is 33.3 Å². The maximum Gasteiger partial charge on any atom is 0.331 e. The number of carbonyl (C=O) groups excluding carboxylic acids is 2. The van der Waals surface area contributed by atoms with Gasteiger partial charge in [0.15, 0.2) is 23.9 Å². The van der Waals surface area contributed by atoms with Crippen LogP contribution >= 0.6 is 0 Å². The zero-order valence-electron chi connectivity index (χ0n) is 21.0. The number of hydrogen-bond acceptors (Lipinski definition) is 15. The molecule has 2 saturated heterocycles. The van der Waals surface area contributed by atoms with E-state index >= 15 is 0 Å². The monoisotopic (exact) mass is 560 g/mol. The Morgan fingerprint density at radius 3 is 2.33 bits per heavy atom. The second kappa shape index (κ2) is 13.0. The fourth-order valence-corrected chi connectivity index (χ4v) is 4.09. The normalized spacial score (nSPS) is 34.7. The van der Waals surface area contributed by atoms with Gasteiger partial charge in [-0.3, -0.25) is 4.79 Å². The molecule has 2 aliphatic heterocycles. The lowest BCUT2D eigenvalue weighted by Crippen LogP contribution is -2.63. The molecule has 0 amide bonds. The van der Waals surface area contributed by atoms with Crippen LogP contribution in [-0.4, -0.2) is 129 Å². The molecule has 15 heteroatoms. The zero-order chi connectivity index (χ0) is 28.9. The van der Waals surface area contributed by atoms with Crippen LogP contribution in [0.25, 0.3) is 6.08 Å². The third kappa shape index (κ3) is 6.84. The van der Waals surface area contributed by atoms with Crippen molar-refractivity contribution in [1.82, 2.24) is 0 Å². The number of aliphatic hydroxyl groups is 6. The first-order chi connectivity index (χ1) is 18.5. The van der Waals surface area contributed by atoms with Crippen molar-refractivity contribution in [3.63, 3.8) is 0 Å². The van der Waals surface area contributed by atoms with E-state index in [1.165, 1.54) is 31.4 Å². The van der Waals surface area contributed by atoms with Crippen LogP contribution in [0.3, 0.4) is 0 Å². The molecule has 0 bridgehead atoms. The third-order valence-electron chi connectivity index (χ3n) is 6.15. The number of phenols is 1. The topological polar surface area (TPSA) is 231 Å². The highest BCUT2D eigenvalue weighted by molar-refractivity contribution is 5.87. The lowest BCUT2D eigenvalue weighted by molar-refractivity contribution is -0.383. The summed E-state index contributed by atoms with van der Waals surface area (Å²) in [5.74, 6) is -4.23. The lowest BCUT2D eigenvalue weighted by atomic mass is 9.99. The molecule has 0 saturated carbocycles. The smallest absolute Gasteiger partial charge is 0.331 e. The molecule has 2 aliphatic rings. The van der Waals surface area contributed by atoms with Crippen LogP contribution in [0.4, 0.5) is 0 Å². The van der Waals surface area contributed by atoms with Gasteiger partial charge in [-0.15, -0.1) is 0 Å². The van der Waals surface area contributed by atoms with Gasteiger partial charge in [-0.05, 0) is 23.8 Å². The first-order valence-electron chi connectivity index (χ1n) is 11.8. The molecular formula is C24H32O15. The Bertz CT molecular complexity index is 1030. The number of carbonyl (C=O) groups is 2. The van der Waals surface area contributed by atoms with E-state index in [-0.39, 0.29) is 11.5 Å². The van der Waals surface area contributed by atoms with E-state index in [1.54, 1.807) is 0 Å². The van der Waals surface area contributed by atoms with Gasteiger partial charge in [-0.25, -0.2) is 4.79 Å². The number of methoxy groups -OCH3 is 1. The largest absolute Gasteiger partial charge is 0.504 e. The quantitative estimate of drug-likeness (QED) is 0.113. The highest BCUT2D eigenvalue weighted by atomic mass is 16.8. The first-order valence-corrected chi connectivity index (χ1v) is 11.8. The molecule has 0 aromatic heterocycles. The summed E-state index contributed by atoms with van der Waals surface area (Å²) >= 11 is 0. The number of aliphatic hydroxyl groups excluding tert-OH is 6. The summed E-state index contributed by atoms with van der Waals surface area (Å²) < 4.78 is 32.0. The molecule has 9 atom stereocenters. The second-order valence-electron chi connectivity index (χ2n) is 8.86. The fourth-order valence-electron chi connectivity index (χ4n) is 4.09. The molecule has 218 valence electrons. The average Bonchev–Trinajstić information content (AvgIpc) is 3.17. The van der Waals surface area contributed by atoms with E-state index in [2.05, 4.69) is 0 Å². The highest BCUT2D eigenvalue weighted by Crippen LogP contribution is 2.38. The highest BCUT2D eigenvalue weighted by Gasteiger charge is 2.61. The molecule has 0 aliphatic carbocycles. The van der Waals surface area contributed by atoms with E-state index in [0.29, 0.717) is 5.56 Å². The van der Waals surface area contributed by atoms with Gasteiger partial charge in [0.05, 0.1) is 20.3 Å². The Balaban J connectivity index is 1.90. The van der Waals surface area contributed by atoms with Crippen LogP contribution in [0.15, 0.2) is 24.3 Å². The second-order valence-corrected chi connectivity index (χ2v) is 8.86. The maximum atomic E-state index is 12.7. The first kappa shape index (κ1) is 30.7. The van der Waals surface area contributed by atoms with Gasteiger partial charge in [0.1, 0.15) is 43.2 Å².